The van der Waals surface area contributed by atoms with Gasteiger partial charge < -0.3 is 19.7 Å². The van der Waals surface area contributed by atoms with Crippen molar-refractivity contribution in [3.05, 3.63) is 42.7 Å². The van der Waals surface area contributed by atoms with Gasteiger partial charge in [-0.1, -0.05) is 18.2 Å². The van der Waals surface area contributed by atoms with E-state index < -0.39 is 12.6 Å². The van der Waals surface area contributed by atoms with Gasteiger partial charge in [0, 0.05) is 24.8 Å². The molecule has 1 N–H and O–H groups in total. The van der Waals surface area contributed by atoms with Crippen LogP contribution in [-0.2, 0) is 4.74 Å². The minimum atomic E-state index is -2.57. The van der Waals surface area contributed by atoms with Crippen molar-refractivity contribution in [1.82, 2.24) is 19.5 Å². The Bertz CT molecular complexity index is 1170. The maximum atomic E-state index is 12.6. The van der Waals surface area contributed by atoms with Crippen molar-refractivity contribution in [2.75, 3.05) is 25.4 Å². The maximum Gasteiger partial charge on any atom is 0.410 e. The molecule has 31 heavy (non-hydrogen) atoms. The highest BCUT2D eigenvalue weighted by atomic mass is 16.6. The summed E-state index contributed by atoms with van der Waals surface area (Å²) in [6.45, 7) is 6.78. The molecule has 1 atom stereocenters. The summed E-state index contributed by atoms with van der Waals surface area (Å²) in [5.74, 6) is 0.857. The topological polar surface area (TPSA) is 81.0 Å². The van der Waals surface area contributed by atoms with E-state index in [2.05, 4.69) is 10.4 Å². The Hall–Kier alpha value is -3.29. The summed E-state index contributed by atoms with van der Waals surface area (Å²) in [6, 6.07) is 8.72. The van der Waals surface area contributed by atoms with Gasteiger partial charge >= 0.3 is 6.09 Å². The molecule has 0 spiro atoms. The number of fused-ring (bicyclic) bond motifs is 1. The van der Waals surface area contributed by atoms with Gasteiger partial charge in [0.05, 0.1) is 29.0 Å². The van der Waals surface area contributed by atoms with Gasteiger partial charge in [0.25, 0.3) is 0 Å². The van der Waals surface area contributed by atoms with Gasteiger partial charge in [0.15, 0.2) is 5.65 Å². The number of rotatable bonds is 5. The van der Waals surface area contributed by atoms with Crippen LogP contribution in [0.2, 0.25) is 0 Å². The van der Waals surface area contributed by atoms with Crippen molar-refractivity contribution in [3.8, 4) is 16.9 Å². The lowest BCUT2D eigenvalue weighted by atomic mass is 10.1. The number of benzene rings is 1. The molecule has 164 valence electrons. The summed E-state index contributed by atoms with van der Waals surface area (Å²) in [4.78, 5) is 19.0. The van der Waals surface area contributed by atoms with E-state index in [4.69, 9.17) is 18.6 Å². The largest absolute Gasteiger partial charge is 0.496 e. The quantitative estimate of drug-likeness (QED) is 0.658. The molecular formula is C23H29N5O3. The summed E-state index contributed by atoms with van der Waals surface area (Å²) in [5, 5.41) is 7.67. The predicted octanol–water partition coefficient (Wildman–Crippen LogP) is 4.22. The van der Waals surface area contributed by atoms with E-state index in [0.29, 0.717) is 35.7 Å². The van der Waals surface area contributed by atoms with Crippen molar-refractivity contribution < 1.29 is 18.4 Å². The van der Waals surface area contributed by atoms with E-state index in [1.807, 2.05) is 20.8 Å². The van der Waals surface area contributed by atoms with E-state index >= 15 is 0 Å². The lowest BCUT2D eigenvalue weighted by Gasteiger charge is -2.28. The van der Waals surface area contributed by atoms with E-state index in [-0.39, 0.29) is 17.9 Å². The minimum absolute atomic E-state index is 0.00525. The molecule has 3 aromatic rings. The van der Waals surface area contributed by atoms with Crippen LogP contribution in [0.4, 0.5) is 10.6 Å². The van der Waals surface area contributed by atoms with Crippen LogP contribution in [-0.4, -0.2) is 57.4 Å². The molecule has 1 aliphatic rings. The highest BCUT2D eigenvalue weighted by molar-refractivity contribution is 5.81. The lowest BCUT2D eigenvalue weighted by Crippen LogP contribution is -2.42. The number of nitrogens with one attached hydrogen (secondary N) is 1. The summed E-state index contributed by atoms with van der Waals surface area (Å²) in [6.07, 6.45) is 4.91. The predicted molar refractivity (Wildman–Crippen MR) is 119 cm³/mol. The van der Waals surface area contributed by atoms with Gasteiger partial charge in [-0.25, -0.2) is 14.3 Å². The zero-order chi connectivity index (χ0) is 24.5. The standard InChI is InChI=1S/C23H29N5O3/c1-23(2,3)31-22(29)27-12-7-8-16(27)14-24-20-11-13-28-21(26-20)18(15-25-28)17-9-5-6-10-19(17)30-4/h5-6,9-11,13,15-16H,7-8,12,14H2,1-4H3,(H,24,26)/t16-/m0/s1/i4D3. The zero-order valence-corrected chi connectivity index (χ0v) is 18.0. The second-order valence-electron chi connectivity index (χ2n) is 8.59. The van der Waals surface area contributed by atoms with Crippen LogP contribution < -0.4 is 10.1 Å². The van der Waals surface area contributed by atoms with Crippen molar-refractivity contribution in [2.45, 2.75) is 45.3 Å². The molecule has 4 rings (SSSR count). The second-order valence-corrected chi connectivity index (χ2v) is 8.59. The van der Waals surface area contributed by atoms with Crippen LogP contribution in [0.5, 0.6) is 5.75 Å². The number of anilines is 1. The second kappa shape index (κ2) is 8.45. The maximum absolute atomic E-state index is 12.6. The van der Waals surface area contributed by atoms with Crippen molar-refractivity contribution in [1.29, 1.82) is 0 Å². The number of likely N-dealkylation sites (tertiary alicyclic amines) is 1. The van der Waals surface area contributed by atoms with Crippen LogP contribution in [0.15, 0.2) is 42.7 Å². The summed E-state index contributed by atoms with van der Waals surface area (Å²) in [5.41, 5.74) is 1.26. The van der Waals surface area contributed by atoms with Gasteiger partial charge in [-0.2, -0.15) is 5.10 Å². The van der Waals surface area contributed by atoms with Crippen molar-refractivity contribution >= 4 is 17.6 Å². The number of amides is 1. The number of aromatic nitrogens is 3. The fourth-order valence-electron chi connectivity index (χ4n) is 3.77. The Morgan fingerprint density at radius 3 is 2.94 bits per heavy atom. The summed E-state index contributed by atoms with van der Waals surface area (Å²) < 4.78 is 34.7. The summed E-state index contributed by atoms with van der Waals surface area (Å²) >= 11 is 0. The molecular weight excluding hydrogens is 394 g/mol. The van der Waals surface area contributed by atoms with Crippen molar-refractivity contribution in [3.63, 3.8) is 0 Å². The first-order valence-electron chi connectivity index (χ1n) is 11.9. The number of hydrogen-bond donors (Lipinski definition) is 1. The molecule has 8 nitrogen and oxygen atoms in total. The number of carbonyl (C=O) groups excluding carboxylic acids is 1. The number of methoxy groups -OCH3 is 1. The van der Waals surface area contributed by atoms with Gasteiger partial charge in [0.1, 0.15) is 17.2 Å². The molecule has 0 saturated carbocycles. The van der Waals surface area contributed by atoms with Crippen LogP contribution in [0.1, 0.15) is 37.7 Å². The number of nitrogens with zero attached hydrogens (tertiary/aromatic N) is 4. The first-order chi connectivity index (χ1) is 16.0. The monoisotopic (exact) mass is 426 g/mol. The molecule has 1 fully saturated rings. The first kappa shape index (κ1) is 17.4. The number of hydrogen-bond acceptors (Lipinski definition) is 6. The fourth-order valence-corrected chi connectivity index (χ4v) is 3.77. The minimum Gasteiger partial charge on any atom is -0.496 e. The molecule has 0 unspecified atom stereocenters. The average Bonchev–Trinajstić information content (AvgIpc) is 3.37. The van der Waals surface area contributed by atoms with Gasteiger partial charge in [-0.15, -0.1) is 0 Å². The lowest BCUT2D eigenvalue weighted by molar-refractivity contribution is 0.0235. The van der Waals surface area contributed by atoms with Gasteiger partial charge in [-0.3, -0.25) is 0 Å². The fraction of sp³-hybridized carbons (Fsp3) is 0.435. The summed E-state index contributed by atoms with van der Waals surface area (Å²) in [7, 11) is -2.57. The third-order valence-corrected chi connectivity index (χ3v) is 5.18. The Morgan fingerprint density at radius 1 is 1.29 bits per heavy atom. The molecule has 1 aromatic carbocycles. The Morgan fingerprint density at radius 2 is 2.13 bits per heavy atom. The molecule has 2 aromatic heterocycles. The zero-order valence-electron chi connectivity index (χ0n) is 21.0. The molecule has 8 heteroatoms. The van der Waals surface area contributed by atoms with E-state index in [9.17, 15) is 4.79 Å². The van der Waals surface area contributed by atoms with E-state index in [1.54, 1.807) is 52.1 Å². The average molecular weight is 427 g/mol. The molecule has 1 aliphatic heterocycles. The van der Waals surface area contributed by atoms with Crippen molar-refractivity contribution in [2.24, 2.45) is 0 Å². The Kier molecular flexibility index (Phi) is 4.74. The van der Waals surface area contributed by atoms with E-state index in [1.165, 1.54) is 0 Å². The normalized spacial score (nSPS) is 18.4. The number of para-hydroxylation sites is 1. The van der Waals surface area contributed by atoms with Crippen LogP contribution >= 0.6 is 0 Å². The smallest absolute Gasteiger partial charge is 0.410 e. The highest BCUT2D eigenvalue weighted by Gasteiger charge is 2.32. The molecule has 3 heterocycles. The SMILES string of the molecule is [2H]C([2H])([2H])Oc1ccccc1-c1cnn2ccc(NC[C@@H]3CCCN3C(=O)OC(C)(C)C)nc12. The highest BCUT2D eigenvalue weighted by Crippen LogP contribution is 2.32. The number of ether oxygens (including phenoxy) is 2. The Labute approximate surface area is 186 Å². The van der Waals surface area contributed by atoms with E-state index in [0.717, 1.165) is 12.8 Å². The number of carbonyl (C=O) groups is 1. The molecule has 0 radical (unpaired) electrons. The molecule has 1 saturated heterocycles. The van der Waals surface area contributed by atoms with Crippen LogP contribution in [0.3, 0.4) is 0 Å². The molecule has 1 amide bonds. The third kappa shape index (κ3) is 4.57. The van der Waals surface area contributed by atoms with Gasteiger partial charge in [-0.05, 0) is 45.7 Å². The first-order valence-corrected chi connectivity index (χ1v) is 10.4. The Balaban J connectivity index is 1.53. The van der Waals surface area contributed by atoms with Crippen LogP contribution in [0.25, 0.3) is 16.8 Å². The third-order valence-electron chi connectivity index (χ3n) is 5.18. The van der Waals surface area contributed by atoms with Crippen LogP contribution in [0, 0.1) is 0 Å². The molecule has 0 aliphatic carbocycles. The van der Waals surface area contributed by atoms with Gasteiger partial charge in [0.2, 0.25) is 0 Å². The molecule has 0 bridgehead atoms.